The van der Waals surface area contributed by atoms with Crippen LogP contribution < -0.4 is 5.32 Å². The van der Waals surface area contributed by atoms with Gasteiger partial charge in [0.05, 0.1) is 15.5 Å². The zero-order valence-electron chi connectivity index (χ0n) is 14.7. The smallest absolute Gasteiger partial charge is 0.265 e. The topological polar surface area (TPSA) is 86.7 Å². The minimum atomic E-state index is -3.57. The normalized spacial score (nSPS) is 16.5. The number of hydrogen-bond acceptors (Lipinski definition) is 5. The van der Waals surface area contributed by atoms with Crippen LogP contribution in [-0.4, -0.2) is 36.8 Å². The summed E-state index contributed by atoms with van der Waals surface area (Å²) in [6.45, 7) is 5.00. The highest BCUT2D eigenvalue weighted by Crippen LogP contribution is 2.29. The summed E-state index contributed by atoms with van der Waals surface area (Å²) in [6, 6.07) is 6.31. The number of sulfonamides is 1. The number of phenols is 1. The first kappa shape index (κ1) is 18.9. The molecule has 1 fully saturated rings. The van der Waals surface area contributed by atoms with E-state index in [1.807, 2.05) is 6.92 Å². The Morgan fingerprint density at radius 2 is 1.96 bits per heavy atom. The fraction of sp³-hybridized carbons (Fsp3) is 0.389. The predicted molar refractivity (Wildman–Crippen MR) is 102 cm³/mol. The molecule has 0 unspecified atom stereocenters. The highest BCUT2D eigenvalue weighted by Gasteiger charge is 2.29. The largest absolute Gasteiger partial charge is 0.506 e. The summed E-state index contributed by atoms with van der Waals surface area (Å²) in [5.74, 6) is 0.0627. The number of carbonyl (C=O) groups is 1. The van der Waals surface area contributed by atoms with Crippen molar-refractivity contribution in [1.29, 1.82) is 0 Å². The lowest BCUT2D eigenvalue weighted by Crippen LogP contribution is -2.37. The number of rotatable bonds is 4. The molecule has 26 heavy (non-hydrogen) atoms. The molecule has 2 N–H and O–H groups in total. The van der Waals surface area contributed by atoms with Crippen LogP contribution in [0.3, 0.4) is 0 Å². The average molecular weight is 395 g/mol. The molecule has 0 radical (unpaired) electrons. The maximum absolute atomic E-state index is 12.7. The first-order chi connectivity index (χ1) is 12.3. The highest BCUT2D eigenvalue weighted by atomic mass is 32.2. The van der Waals surface area contributed by atoms with Crippen molar-refractivity contribution in [2.45, 2.75) is 31.6 Å². The number of aromatic hydroxyl groups is 1. The van der Waals surface area contributed by atoms with Gasteiger partial charge in [0.2, 0.25) is 10.0 Å². The molecular formula is C18H22N2O4S2. The summed E-state index contributed by atoms with van der Waals surface area (Å²) < 4.78 is 27.0. The number of thiophene rings is 1. The number of nitrogens with one attached hydrogen (secondary N) is 1. The van der Waals surface area contributed by atoms with E-state index in [-0.39, 0.29) is 15.5 Å². The molecule has 1 aliphatic rings. The molecule has 2 heterocycles. The van der Waals surface area contributed by atoms with Gasteiger partial charge in [-0.05, 0) is 49.4 Å². The SMILES string of the molecule is Cc1ccc(O)c(NC(=O)c2cc(S(=O)(=O)N3CCC(C)CC3)cs2)c1. The maximum Gasteiger partial charge on any atom is 0.265 e. The van der Waals surface area contributed by atoms with Crippen LogP contribution in [0.1, 0.15) is 35.0 Å². The number of amides is 1. The maximum atomic E-state index is 12.7. The van der Waals surface area contributed by atoms with E-state index in [0.717, 1.165) is 29.7 Å². The van der Waals surface area contributed by atoms with E-state index in [1.54, 1.807) is 12.1 Å². The van der Waals surface area contributed by atoms with E-state index in [1.165, 1.54) is 21.8 Å². The molecule has 6 nitrogen and oxygen atoms in total. The van der Waals surface area contributed by atoms with Gasteiger partial charge >= 0.3 is 0 Å². The fourth-order valence-electron chi connectivity index (χ4n) is 2.88. The predicted octanol–water partition coefficient (Wildman–Crippen LogP) is 3.44. The van der Waals surface area contributed by atoms with Gasteiger partial charge in [-0.3, -0.25) is 4.79 Å². The van der Waals surface area contributed by atoms with Crippen molar-refractivity contribution in [1.82, 2.24) is 4.31 Å². The van der Waals surface area contributed by atoms with Gasteiger partial charge in [0, 0.05) is 18.5 Å². The number of benzene rings is 1. The fourth-order valence-corrected chi connectivity index (χ4v) is 5.51. The Balaban J connectivity index is 1.76. The van der Waals surface area contributed by atoms with Crippen LogP contribution in [0.2, 0.25) is 0 Å². The molecule has 0 bridgehead atoms. The number of hydrogen-bond donors (Lipinski definition) is 2. The van der Waals surface area contributed by atoms with Crippen molar-refractivity contribution in [3.05, 3.63) is 40.1 Å². The second-order valence-corrected chi connectivity index (χ2v) is 9.56. The second-order valence-electron chi connectivity index (χ2n) is 6.71. The molecule has 0 atom stereocenters. The minimum absolute atomic E-state index is 0.0317. The van der Waals surface area contributed by atoms with Crippen molar-refractivity contribution in [3.8, 4) is 5.75 Å². The molecule has 1 aliphatic heterocycles. The summed E-state index contributed by atoms with van der Waals surface area (Å²) in [6.07, 6.45) is 1.70. The zero-order valence-corrected chi connectivity index (χ0v) is 16.4. The molecule has 140 valence electrons. The Kier molecular flexibility index (Phi) is 5.36. The van der Waals surface area contributed by atoms with Crippen LogP contribution >= 0.6 is 11.3 Å². The number of carbonyl (C=O) groups excluding carboxylic acids is 1. The lowest BCUT2D eigenvalue weighted by Gasteiger charge is -2.29. The third-order valence-electron chi connectivity index (χ3n) is 4.58. The van der Waals surface area contributed by atoms with Gasteiger partial charge < -0.3 is 10.4 Å². The van der Waals surface area contributed by atoms with Crippen LogP contribution in [-0.2, 0) is 10.0 Å². The standard InChI is InChI=1S/C18H22N2O4S2/c1-12-5-7-20(8-6-12)26(23,24)14-10-17(25-11-14)18(22)19-15-9-13(2)3-4-16(15)21/h3-4,9-12,21H,5-8H2,1-2H3,(H,19,22). The number of phenolic OH excluding ortho intramolecular Hbond substituents is 1. The first-order valence-electron chi connectivity index (χ1n) is 8.47. The Bertz CT molecular complexity index is 913. The van der Waals surface area contributed by atoms with Gasteiger partial charge in [0.25, 0.3) is 5.91 Å². The zero-order chi connectivity index (χ0) is 18.9. The Labute approximate surface area is 157 Å². The summed E-state index contributed by atoms with van der Waals surface area (Å²) in [5, 5.41) is 14.0. The summed E-state index contributed by atoms with van der Waals surface area (Å²) in [5.41, 5.74) is 1.20. The van der Waals surface area contributed by atoms with Crippen LogP contribution in [0.4, 0.5) is 5.69 Å². The lowest BCUT2D eigenvalue weighted by atomic mass is 10.0. The van der Waals surface area contributed by atoms with E-state index < -0.39 is 15.9 Å². The van der Waals surface area contributed by atoms with Crippen molar-refractivity contribution in [2.24, 2.45) is 5.92 Å². The monoisotopic (exact) mass is 394 g/mol. The van der Waals surface area contributed by atoms with Crippen LogP contribution in [0.15, 0.2) is 34.5 Å². The summed E-state index contributed by atoms with van der Waals surface area (Å²) in [4.78, 5) is 12.9. The summed E-state index contributed by atoms with van der Waals surface area (Å²) in [7, 11) is -3.57. The van der Waals surface area contributed by atoms with E-state index >= 15 is 0 Å². The molecule has 0 saturated carbocycles. The number of nitrogens with zero attached hydrogens (tertiary/aromatic N) is 1. The molecule has 0 aliphatic carbocycles. The molecule has 3 rings (SSSR count). The third kappa shape index (κ3) is 3.92. The van der Waals surface area contributed by atoms with Crippen LogP contribution in [0.5, 0.6) is 5.75 Å². The van der Waals surface area contributed by atoms with E-state index in [2.05, 4.69) is 12.2 Å². The minimum Gasteiger partial charge on any atom is -0.506 e. The van der Waals surface area contributed by atoms with E-state index in [9.17, 15) is 18.3 Å². The molecule has 1 aromatic heterocycles. The van der Waals surface area contributed by atoms with Gasteiger partial charge in [-0.25, -0.2) is 8.42 Å². The second kappa shape index (κ2) is 7.38. The number of aryl methyl sites for hydroxylation is 1. The molecule has 2 aromatic rings. The van der Waals surface area contributed by atoms with E-state index in [4.69, 9.17) is 0 Å². The highest BCUT2D eigenvalue weighted by molar-refractivity contribution is 7.89. The lowest BCUT2D eigenvalue weighted by molar-refractivity contribution is 0.103. The van der Waals surface area contributed by atoms with Gasteiger partial charge in [0.1, 0.15) is 5.75 Å². The van der Waals surface area contributed by atoms with Crippen molar-refractivity contribution >= 4 is 33.0 Å². The van der Waals surface area contributed by atoms with Crippen molar-refractivity contribution < 1.29 is 18.3 Å². The Morgan fingerprint density at radius 3 is 2.65 bits per heavy atom. The first-order valence-corrected chi connectivity index (χ1v) is 10.8. The van der Waals surface area contributed by atoms with Gasteiger partial charge in [-0.2, -0.15) is 4.31 Å². The Morgan fingerprint density at radius 1 is 1.27 bits per heavy atom. The van der Waals surface area contributed by atoms with Gasteiger partial charge in [0.15, 0.2) is 0 Å². The molecule has 1 saturated heterocycles. The average Bonchev–Trinajstić information content (AvgIpc) is 3.09. The number of anilines is 1. The van der Waals surface area contributed by atoms with Crippen LogP contribution in [0.25, 0.3) is 0 Å². The summed E-state index contributed by atoms with van der Waals surface area (Å²) >= 11 is 1.08. The molecule has 8 heteroatoms. The molecule has 0 spiro atoms. The molecule has 1 aromatic carbocycles. The Hall–Kier alpha value is -1.90. The van der Waals surface area contributed by atoms with Crippen molar-refractivity contribution in [3.63, 3.8) is 0 Å². The molecular weight excluding hydrogens is 372 g/mol. The van der Waals surface area contributed by atoms with Gasteiger partial charge in [-0.15, -0.1) is 11.3 Å². The third-order valence-corrected chi connectivity index (χ3v) is 7.53. The van der Waals surface area contributed by atoms with E-state index in [0.29, 0.717) is 24.7 Å². The quantitative estimate of drug-likeness (QED) is 0.778. The number of piperidine rings is 1. The molecule has 1 amide bonds. The van der Waals surface area contributed by atoms with Crippen molar-refractivity contribution in [2.75, 3.05) is 18.4 Å². The van der Waals surface area contributed by atoms with Crippen LogP contribution in [0, 0.1) is 12.8 Å². The van der Waals surface area contributed by atoms with Gasteiger partial charge in [-0.1, -0.05) is 13.0 Å².